The highest BCUT2D eigenvalue weighted by molar-refractivity contribution is 5.54. The second kappa shape index (κ2) is 8.89. The molecule has 1 N–H and O–H groups in total. The van der Waals surface area contributed by atoms with Crippen LogP contribution >= 0.6 is 0 Å². The molecule has 0 amide bonds. The summed E-state index contributed by atoms with van der Waals surface area (Å²) in [7, 11) is 0. The van der Waals surface area contributed by atoms with E-state index in [4.69, 9.17) is 0 Å². The topological polar surface area (TPSA) is 20.2 Å². The molecule has 1 aliphatic carbocycles. The molecule has 1 fully saturated rings. The molecule has 0 spiro atoms. The van der Waals surface area contributed by atoms with Crippen LogP contribution in [-0.4, -0.2) is 5.11 Å². The van der Waals surface area contributed by atoms with Crippen molar-refractivity contribution in [2.75, 3.05) is 0 Å². The van der Waals surface area contributed by atoms with Crippen LogP contribution < -0.4 is 0 Å². The smallest absolute Gasteiger partial charge is 0.143 e. The van der Waals surface area contributed by atoms with Crippen molar-refractivity contribution in [3.8, 4) is 29.4 Å². The summed E-state index contributed by atoms with van der Waals surface area (Å²) in [5.74, 6) is 12.5. The number of benzene rings is 3. The first-order chi connectivity index (χ1) is 14.6. The van der Waals surface area contributed by atoms with Crippen LogP contribution in [0.2, 0.25) is 0 Å². The zero-order chi connectivity index (χ0) is 20.9. The Morgan fingerprint density at radius 3 is 1.90 bits per heavy atom. The van der Waals surface area contributed by atoms with Gasteiger partial charge in [0.2, 0.25) is 0 Å². The molecule has 0 unspecified atom stereocenters. The molecule has 0 radical (unpaired) electrons. The zero-order valence-electron chi connectivity index (χ0n) is 17.0. The van der Waals surface area contributed by atoms with Crippen LogP contribution in [0.3, 0.4) is 0 Å². The fourth-order valence-corrected chi connectivity index (χ4v) is 3.87. The molecule has 0 aliphatic heterocycles. The molecule has 0 bridgehead atoms. The third-order valence-electron chi connectivity index (χ3n) is 5.55. The second-order valence-electron chi connectivity index (χ2n) is 7.78. The van der Waals surface area contributed by atoms with Crippen molar-refractivity contribution in [2.45, 2.75) is 38.5 Å². The normalized spacial score (nSPS) is 13.3. The van der Waals surface area contributed by atoms with E-state index in [0.29, 0.717) is 11.1 Å². The summed E-state index contributed by atoms with van der Waals surface area (Å²) in [6.07, 6.45) is 4.21. The van der Waals surface area contributed by atoms with Gasteiger partial charge in [0.25, 0.3) is 0 Å². The van der Waals surface area contributed by atoms with Gasteiger partial charge in [0.1, 0.15) is 11.6 Å². The maximum absolute atomic E-state index is 15.5. The van der Waals surface area contributed by atoms with Gasteiger partial charge in [-0.05, 0) is 74.2 Å². The highest BCUT2D eigenvalue weighted by Gasteiger charge is 2.24. The predicted molar refractivity (Wildman–Crippen MR) is 119 cm³/mol. The van der Waals surface area contributed by atoms with Crippen molar-refractivity contribution < 1.29 is 9.50 Å². The minimum atomic E-state index is -0.237. The quantitative estimate of drug-likeness (QED) is 0.481. The third kappa shape index (κ3) is 4.56. The van der Waals surface area contributed by atoms with Crippen molar-refractivity contribution in [1.29, 1.82) is 0 Å². The average molecular weight is 394 g/mol. The van der Waals surface area contributed by atoms with Crippen LogP contribution in [0.15, 0.2) is 60.7 Å². The Morgan fingerprint density at radius 2 is 1.27 bits per heavy atom. The lowest BCUT2D eigenvalue weighted by molar-refractivity contribution is 0.475. The van der Waals surface area contributed by atoms with Gasteiger partial charge in [-0.2, -0.15) is 0 Å². The highest BCUT2D eigenvalue weighted by Crippen LogP contribution is 2.38. The molecule has 3 aromatic carbocycles. The van der Waals surface area contributed by atoms with E-state index in [9.17, 15) is 5.11 Å². The maximum Gasteiger partial charge on any atom is 0.143 e. The van der Waals surface area contributed by atoms with E-state index in [-0.39, 0.29) is 17.5 Å². The lowest BCUT2D eigenvalue weighted by atomic mass is 9.90. The Kier molecular flexibility index (Phi) is 5.87. The number of aryl methyl sites for hydroxylation is 1. The second-order valence-corrected chi connectivity index (χ2v) is 7.78. The number of rotatable bonds is 1. The maximum atomic E-state index is 15.5. The standard InChI is InChI=1S/C28H23FO/c1-20-6-8-21(9-7-20)11-15-25-17-16-24(14-10-22-12-18-26(30)19-13-22)27(28(25)29)23-4-2-3-5-23/h6-9,12-13,16-19,23,30H,2-5H2,1H3. The Labute approximate surface area is 177 Å². The first kappa shape index (κ1) is 19.8. The Bertz CT molecular complexity index is 1160. The van der Waals surface area contributed by atoms with Gasteiger partial charge >= 0.3 is 0 Å². The van der Waals surface area contributed by atoms with Gasteiger partial charge in [-0.25, -0.2) is 4.39 Å². The molecule has 2 heteroatoms. The van der Waals surface area contributed by atoms with E-state index in [1.54, 1.807) is 30.3 Å². The van der Waals surface area contributed by atoms with Crippen molar-refractivity contribution in [3.63, 3.8) is 0 Å². The van der Waals surface area contributed by atoms with E-state index in [1.165, 1.54) is 5.56 Å². The fraction of sp³-hybridized carbons (Fsp3) is 0.214. The van der Waals surface area contributed by atoms with Crippen molar-refractivity contribution in [3.05, 3.63) is 99.9 Å². The monoisotopic (exact) mass is 394 g/mol. The number of hydrogen-bond donors (Lipinski definition) is 1. The van der Waals surface area contributed by atoms with E-state index in [0.717, 1.165) is 42.4 Å². The minimum Gasteiger partial charge on any atom is -0.508 e. The van der Waals surface area contributed by atoms with E-state index in [1.807, 2.05) is 37.3 Å². The van der Waals surface area contributed by atoms with Gasteiger partial charge in [0, 0.05) is 22.3 Å². The average Bonchev–Trinajstić information content (AvgIpc) is 3.28. The van der Waals surface area contributed by atoms with Gasteiger partial charge in [0.15, 0.2) is 0 Å². The molecule has 1 nitrogen and oxygen atoms in total. The molecular weight excluding hydrogens is 371 g/mol. The number of hydrogen-bond acceptors (Lipinski definition) is 1. The summed E-state index contributed by atoms with van der Waals surface area (Å²) in [6.45, 7) is 2.03. The molecule has 0 heterocycles. The summed E-state index contributed by atoms with van der Waals surface area (Å²) < 4.78 is 15.5. The van der Waals surface area contributed by atoms with Crippen molar-refractivity contribution in [2.24, 2.45) is 0 Å². The van der Waals surface area contributed by atoms with Crippen LogP contribution in [0.25, 0.3) is 0 Å². The van der Waals surface area contributed by atoms with E-state index < -0.39 is 0 Å². The largest absolute Gasteiger partial charge is 0.508 e. The SMILES string of the molecule is Cc1ccc(C#Cc2ccc(C#Cc3ccc(O)cc3)c(C3CCCC3)c2F)cc1. The molecule has 1 saturated carbocycles. The minimum absolute atomic E-state index is 0.190. The summed E-state index contributed by atoms with van der Waals surface area (Å²) in [5.41, 5.74) is 4.69. The van der Waals surface area contributed by atoms with E-state index >= 15 is 4.39 Å². The van der Waals surface area contributed by atoms with Crippen LogP contribution in [0.4, 0.5) is 4.39 Å². The van der Waals surface area contributed by atoms with Crippen molar-refractivity contribution in [1.82, 2.24) is 0 Å². The Balaban J connectivity index is 1.72. The van der Waals surface area contributed by atoms with Gasteiger partial charge in [0.05, 0.1) is 5.56 Å². The molecule has 30 heavy (non-hydrogen) atoms. The molecule has 3 aromatic rings. The van der Waals surface area contributed by atoms with Gasteiger partial charge in [-0.3, -0.25) is 0 Å². The number of phenols is 1. The summed E-state index contributed by atoms with van der Waals surface area (Å²) in [6, 6.07) is 18.3. The zero-order valence-corrected chi connectivity index (χ0v) is 17.0. The van der Waals surface area contributed by atoms with Gasteiger partial charge in [-0.1, -0.05) is 54.2 Å². The number of halogens is 1. The first-order valence-corrected chi connectivity index (χ1v) is 10.3. The summed E-state index contributed by atoms with van der Waals surface area (Å²) >= 11 is 0. The van der Waals surface area contributed by atoms with E-state index in [2.05, 4.69) is 23.7 Å². The molecular formula is C28H23FO. The summed E-state index contributed by atoms with van der Waals surface area (Å²) in [5, 5.41) is 9.43. The van der Waals surface area contributed by atoms with Crippen LogP contribution in [-0.2, 0) is 0 Å². The first-order valence-electron chi connectivity index (χ1n) is 10.3. The molecule has 4 rings (SSSR count). The summed E-state index contributed by atoms with van der Waals surface area (Å²) in [4.78, 5) is 0. The van der Waals surface area contributed by atoms with Gasteiger partial charge in [-0.15, -0.1) is 0 Å². The van der Waals surface area contributed by atoms with Gasteiger partial charge < -0.3 is 5.11 Å². The van der Waals surface area contributed by atoms with Crippen molar-refractivity contribution >= 4 is 0 Å². The lowest BCUT2D eigenvalue weighted by Gasteiger charge is -2.14. The molecule has 0 saturated heterocycles. The Hall–Kier alpha value is -3.49. The molecule has 0 aromatic heterocycles. The van der Waals surface area contributed by atoms with Crippen LogP contribution in [0, 0.1) is 36.4 Å². The predicted octanol–water partition coefficient (Wildman–Crippen LogP) is 6.30. The molecule has 0 atom stereocenters. The number of phenolic OH excluding ortho intramolecular Hbond substituents is 1. The van der Waals surface area contributed by atoms with Crippen LogP contribution in [0.5, 0.6) is 5.75 Å². The van der Waals surface area contributed by atoms with Crippen LogP contribution in [0.1, 0.15) is 65.0 Å². The molecule has 1 aliphatic rings. The third-order valence-corrected chi connectivity index (χ3v) is 5.55. The molecule has 148 valence electrons. The fourth-order valence-electron chi connectivity index (χ4n) is 3.87. The highest BCUT2D eigenvalue weighted by atomic mass is 19.1. The number of aromatic hydroxyl groups is 1. The Morgan fingerprint density at radius 1 is 0.733 bits per heavy atom. The lowest BCUT2D eigenvalue weighted by Crippen LogP contribution is -2.03.